The number of carbonyl (C=O) groups excluding carboxylic acids is 1. The van der Waals surface area contributed by atoms with E-state index in [1.54, 1.807) is 0 Å². The van der Waals surface area contributed by atoms with Crippen LogP contribution >= 0.6 is 11.8 Å². The number of amidine groups is 1. The molecule has 0 saturated carbocycles. The van der Waals surface area contributed by atoms with E-state index in [4.69, 9.17) is 14.9 Å². The summed E-state index contributed by atoms with van der Waals surface area (Å²) in [6.45, 7) is 10.9. The zero-order chi connectivity index (χ0) is 24.6. The first kappa shape index (κ1) is 24.5. The molecule has 34 heavy (non-hydrogen) atoms. The van der Waals surface area contributed by atoms with E-state index in [-0.39, 0.29) is 28.2 Å². The van der Waals surface area contributed by atoms with Crippen LogP contribution in [0.1, 0.15) is 75.1 Å². The van der Waals surface area contributed by atoms with Crippen LogP contribution in [0.25, 0.3) is 0 Å². The van der Waals surface area contributed by atoms with Crippen molar-refractivity contribution in [2.45, 2.75) is 76.6 Å². The third kappa shape index (κ3) is 5.04. The summed E-state index contributed by atoms with van der Waals surface area (Å²) >= 11 is 1.26. The van der Waals surface area contributed by atoms with E-state index in [0.717, 1.165) is 46.6 Å². The summed E-state index contributed by atoms with van der Waals surface area (Å²) in [5, 5.41) is 21.0. The zero-order valence-corrected chi connectivity index (χ0v) is 21.3. The van der Waals surface area contributed by atoms with Crippen LogP contribution < -0.4 is 14.8 Å². The SMILES string of the molecule is CC(C)c1cc2c(c(C(C)C)c1O)CCC(C)(COc1ccc(CC3SC(=N)NC3=O)cc1)O2. The minimum Gasteiger partial charge on any atom is -0.507 e. The van der Waals surface area contributed by atoms with Crippen molar-refractivity contribution in [1.29, 1.82) is 5.41 Å². The van der Waals surface area contributed by atoms with E-state index in [2.05, 4.69) is 39.9 Å². The summed E-state index contributed by atoms with van der Waals surface area (Å²) in [5.41, 5.74) is 3.60. The van der Waals surface area contributed by atoms with Gasteiger partial charge in [0, 0.05) is 16.7 Å². The Balaban J connectivity index is 1.44. The highest BCUT2D eigenvalue weighted by atomic mass is 32.2. The maximum Gasteiger partial charge on any atom is 0.239 e. The number of hydrogen-bond acceptors (Lipinski definition) is 6. The second-order valence-corrected chi connectivity index (χ2v) is 11.3. The number of fused-ring (bicyclic) bond motifs is 1. The molecule has 0 radical (unpaired) electrons. The Labute approximate surface area is 205 Å². The lowest BCUT2D eigenvalue weighted by Gasteiger charge is -2.37. The van der Waals surface area contributed by atoms with E-state index < -0.39 is 5.60 Å². The summed E-state index contributed by atoms with van der Waals surface area (Å²) in [5.74, 6) is 2.34. The lowest BCUT2D eigenvalue weighted by atomic mass is 9.84. The van der Waals surface area contributed by atoms with E-state index in [0.29, 0.717) is 18.8 Å². The largest absolute Gasteiger partial charge is 0.507 e. The van der Waals surface area contributed by atoms with Gasteiger partial charge in [-0.1, -0.05) is 51.6 Å². The molecule has 2 aliphatic heterocycles. The molecule has 2 heterocycles. The van der Waals surface area contributed by atoms with Crippen LogP contribution in [0.3, 0.4) is 0 Å². The van der Waals surface area contributed by atoms with Crippen molar-refractivity contribution < 1.29 is 19.4 Å². The molecule has 2 aliphatic rings. The monoisotopic (exact) mass is 482 g/mol. The Bertz CT molecular complexity index is 1100. The summed E-state index contributed by atoms with van der Waals surface area (Å²) in [6, 6.07) is 9.78. The Kier molecular flexibility index (Phi) is 6.85. The maximum absolute atomic E-state index is 11.9. The van der Waals surface area contributed by atoms with Gasteiger partial charge in [-0.3, -0.25) is 10.2 Å². The van der Waals surface area contributed by atoms with Gasteiger partial charge in [-0.15, -0.1) is 0 Å². The predicted molar refractivity (Wildman–Crippen MR) is 137 cm³/mol. The molecule has 0 aliphatic carbocycles. The average molecular weight is 483 g/mol. The van der Waals surface area contributed by atoms with Gasteiger partial charge in [0.25, 0.3) is 0 Å². The highest BCUT2D eigenvalue weighted by molar-refractivity contribution is 8.15. The molecule has 2 atom stereocenters. The number of amides is 1. The van der Waals surface area contributed by atoms with Crippen molar-refractivity contribution in [1.82, 2.24) is 5.32 Å². The molecule has 1 amide bonds. The highest BCUT2D eigenvalue weighted by Crippen LogP contribution is 2.45. The van der Waals surface area contributed by atoms with Crippen LogP contribution in [0.4, 0.5) is 0 Å². The predicted octanol–water partition coefficient (Wildman–Crippen LogP) is 5.51. The number of carbonyl (C=O) groups is 1. The Morgan fingerprint density at radius 2 is 1.94 bits per heavy atom. The fourth-order valence-corrected chi connectivity index (χ4v) is 5.56. The number of benzene rings is 2. The van der Waals surface area contributed by atoms with Gasteiger partial charge in [-0.25, -0.2) is 0 Å². The first-order valence-corrected chi connectivity index (χ1v) is 12.8. The standard InChI is InChI=1S/C27H34N2O4S/c1-15(2)20-13-21-19(23(16(3)4)24(20)30)10-11-27(5,33-21)14-32-18-8-6-17(7-9-18)12-22-25(31)29-26(28)34-22/h6-9,13,15-16,22,30H,10-12,14H2,1-5H3,(H2,28,29,31). The molecule has 2 aromatic rings. The summed E-state index contributed by atoms with van der Waals surface area (Å²) in [6.07, 6.45) is 2.22. The molecule has 6 nitrogen and oxygen atoms in total. The van der Waals surface area contributed by atoms with Crippen LogP contribution in [0.5, 0.6) is 17.2 Å². The second-order valence-electron chi connectivity index (χ2n) is 10.1. The van der Waals surface area contributed by atoms with Crippen molar-refractivity contribution in [2.24, 2.45) is 0 Å². The first-order chi connectivity index (χ1) is 16.1. The van der Waals surface area contributed by atoms with Crippen molar-refractivity contribution in [2.75, 3.05) is 6.61 Å². The summed E-state index contributed by atoms with van der Waals surface area (Å²) < 4.78 is 12.6. The van der Waals surface area contributed by atoms with Gasteiger partial charge in [0.05, 0.1) is 5.25 Å². The maximum atomic E-state index is 11.9. The molecule has 7 heteroatoms. The molecule has 3 N–H and O–H groups in total. The van der Waals surface area contributed by atoms with Crippen LogP contribution in [0.2, 0.25) is 0 Å². The smallest absolute Gasteiger partial charge is 0.239 e. The minimum absolute atomic E-state index is 0.104. The van der Waals surface area contributed by atoms with Crippen molar-refractivity contribution in [3.63, 3.8) is 0 Å². The normalized spacial score (nSPS) is 22.0. The molecule has 0 aromatic heterocycles. The fraction of sp³-hybridized carbons (Fsp3) is 0.481. The van der Waals surface area contributed by atoms with Gasteiger partial charge in [0.15, 0.2) is 5.17 Å². The topological polar surface area (TPSA) is 91.6 Å². The number of phenols is 1. The zero-order valence-electron chi connectivity index (χ0n) is 20.5. The number of nitrogens with one attached hydrogen (secondary N) is 2. The van der Waals surface area contributed by atoms with Crippen LogP contribution in [0, 0.1) is 5.41 Å². The molecule has 0 bridgehead atoms. The van der Waals surface area contributed by atoms with Gasteiger partial charge < -0.3 is 19.9 Å². The lowest BCUT2D eigenvalue weighted by Crippen LogP contribution is -2.42. The lowest BCUT2D eigenvalue weighted by molar-refractivity contribution is -0.118. The van der Waals surface area contributed by atoms with E-state index in [9.17, 15) is 9.90 Å². The molecular weight excluding hydrogens is 448 g/mol. The number of rotatable bonds is 7. The number of phenolic OH excluding ortho intramolecular Hbond substituents is 1. The van der Waals surface area contributed by atoms with Crippen molar-refractivity contribution >= 4 is 22.8 Å². The van der Waals surface area contributed by atoms with Gasteiger partial charge >= 0.3 is 0 Å². The summed E-state index contributed by atoms with van der Waals surface area (Å²) in [4.78, 5) is 11.9. The molecule has 4 rings (SSSR count). The number of ether oxygens (including phenoxy) is 2. The van der Waals surface area contributed by atoms with Gasteiger partial charge in [0.1, 0.15) is 29.5 Å². The van der Waals surface area contributed by atoms with Crippen molar-refractivity contribution in [3.05, 3.63) is 52.6 Å². The van der Waals surface area contributed by atoms with Gasteiger partial charge in [0.2, 0.25) is 5.91 Å². The molecule has 2 unspecified atom stereocenters. The highest BCUT2D eigenvalue weighted by Gasteiger charge is 2.36. The van der Waals surface area contributed by atoms with Gasteiger partial charge in [-0.05, 0) is 61.8 Å². The van der Waals surface area contributed by atoms with E-state index >= 15 is 0 Å². The van der Waals surface area contributed by atoms with Crippen LogP contribution in [-0.4, -0.2) is 33.6 Å². The van der Waals surface area contributed by atoms with Crippen LogP contribution in [-0.2, 0) is 17.6 Å². The Morgan fingerprint density at radius 1 is 1.24 bits per heavy atom. The van der Waals surface area contributed by atoms with E-state index in [1.165, 1.54) is 11.8 Å². The molecule has 0 spiro atoms. The molecule has 1 saturated heterocycles. The third-order valence-corrected chi connectivity index (χ3v) is 7.58. The Hall–Kier alpha value is -2.67. The van der Waals surface area contributed by atoms with Crippen molar-refractivity contribution in [3.8, 4) is 17.2 Å². The quantitative estimate of drug-likeness (QED) is 0.484. The second kappa shape index (κ2) is 9.53. The summed E-state index contributed by atoms with van der Waals surface area (Å²) in [7, 11) is 0. The van der Waals surface area contributed by atoms with Crippen LogP contribution in [0.15, 0.2) is 30.3 Å². The molecular formula is C27H34N2O4S. The van der Waals surface area contributed by atoms with E-state index in [1.807, 2.05) is 30.3 Å². The first-order valence-electron chi connectivity index (χ1n) is 11.9. The molecule has 1 fully saturated rings. The number of thioether (sulfide) groups is 1. The number of hydrogen-bond donors (Lipinski definition) is 3. The third-order valence-electron chi connectivity index (χ3n) is 6.58. The Morgan fingerprint density at radius 3 is 2.53 bits per heavy atom. The number of aromatic hydroxyl groups is 1. The minimum atomic E-state index is -0.468. The average Bonchev–Trinajstić information content (AvgIpc) is 3.09. The molecule has 182 valence electrons. The van der Waals surface area contributed by atoms with Gasteiger partial charge in [-0.2, -0.15) is 0 Å². The fourth-order valence-electron chi connectivity index (χ4n) is 4.67. The molecule has 2 aromatic carbocycles.